The third-order valence-corrected chi connectivity index (χ3v) is 6.61. The van der Waals surface area contributed by atoms with Gasteiger partial charge < -0.3 is 20.3 Å². The van der Waals surface area contributed by atoms with Crippen molar-refractivity contribution in [2.75, 3.05) is 17.3 Å². The average molecular weight is 528 g/mol. The fourth-order valence-corrected chi connectivity index (χ4v) is 4.38. The van der Waals surface area contributed by atoms with E-state index in [1.165, 1.54) is 0 Å². The van der Waals surface area contributed by atoms with Gasteiger partial charge >= 0.3 is 6.09 Å². The molecule has 2 aromatic rings. The Morgan fingerprint density at radius 3 is 2.22 bits per heavy atom. The predicted octanol–water partition coefficient (Wildman–Crippen LogP) is 5.95. The van der Waals surface area contributed by atoms with Crippen LogP contribution in [0.1, 0.15) is 64.6 Å². The molecule has 37 heavy (non-hydrogen) atoms. The summed E-state index contributed by atoms with van der Waals surface area (Å²) in [4.78, 5) is 42.3. The normalized spacial score (nSPS) is 13.7. The Morgan fingerprint density at radius 1 is 1.03 bits per heavy atom. The predicted molar refractivity (Wildman–Crippen MR) is 152 cm³/mol. The molecule has 3 atom stereocenters. The average Bonchev–Trinajstić information content (AvgIpc) is 2.84. The van der Waals surface area contributed by atoms with Gasteiger partial charge in [0.1, 0.15) is 17.7 Å². The summed E-state index contributed by atoms with van der Waals surface area (Å²) >= 11 is 1.59. The zero-order valence-corrected chi connectivity index (χ0v) is 23.9. The Balaban J connectivity index is 2.50. The first-order valence-corrected chi connectivity index (χ1v) is 14.1. The van der Waals surface area contributed by atoms with E-state index in [0.717, 1.165) is 5.56 Å². The van der Waals surface area contributed by atoms with E-state index in [2.05, 4.69) is 10.6 Å². The summed E-state index contributed by atoms with van der Waals surface area (Å²) in [5, 5.41) is 5.80. The minimum atomic E-state index is -0.888. The lowest BCUT2D eigenvalue weighted by molar-refractivity contribution is -0.143. The molecule has 7 nitrogen and oxygen atoms in total. The van der Waals surface area contributed by atoms with Gasteiger partial charge in [-0.1, -0.05) is 55.5 Å². The number of nitrogens with one attached hydrogen (secondary N) is 2. The van der Waals surface area contributed by atoms with Crippen molar-refractivity contribution in [3.63, 3.8) is 0 Å². The highest BCUT2D eigenvalue weighted by Gasteiger charge is 2.38. The molecule has 0 radical (unpaired) electrons. The molecule has 0 aliphatic carbocycles. The molecule has 0 aliphatic rings. The van der Waals surface area contributed by atoms with Crippen molar-refractivity contribution in [1.29, 1.82) is 0 Å². The van der Waals surface area contributed by atoms with Crippen LogP contribution in [0.25, 0.3) is 0 Å². The number of alkyl carbamates (subject to hydrolysis) is 1. The Labute approximate surface area is 225 Å². The molecular formula is C29H41N3O4S. The number of thioether (sulfide) groups is 1. The lowest BCUT2D eigenvalue weighted by atomic mass is 9.99. The second kappa shape index (κ2) is 14.1. The van der Waals surface area contributed by atoms with Gasteiger partial charge in [0.2, 0.25) is 5.91 Å². The van der Waals surface area contributed by atoms with E-state index in [4.69, 9.17) is 4.74 Å². The molecule has 0 saturated heterocycles. The van der Waals surface area contributed by atoms with Crippen LogP contribution in [-0.2, 0) is 14.3 Å². The zero-order valence-electron chi connectivity index (χ0n) is 23.0. The van der Waals surface area contributed by atoms with Crippen LogP contribution in [0.2, 0.25) is 0 Å². The van der Waals surface area contributed by atoms with Crippen molar-refractivity contribution in [2.45, 2.75) is 78.1 Å². The van der Waals surface area contributed by atoms with Gasteiger partial charge in [-0.3, -0.25) is 9.59 Å². The first kappa shape index (κ1) is 30.2. The van der Waals surface area contributed by atoms with Gasteiger partial charge in [0.25, 0.3) is 5.91 Å². The van der Waals surface area contributed by atoms with Crippen molar-refractivity contribution < 1.29 is 19.1 Å². The SMILES string of the molecule is CCC(C)N(C(=O)C(CCSC)NC(=O)OC(C)(C)C)C(C(=O)Nc1ccccc1C)c1ccccc1. The van der Waals surface area contributed by atoms with Gasteiger partial charge in [-0.2, -0.15) is 11.8 Å². The maximum atomic E-state index is 14.2. The highest BCUT2D eigenvalue weighted by Crippen LogP contribution is 2.28. The van der Waals surface area contributed by atoms with Gasteiger partial charge in [0.15, 0.2) is 0 Å². The van der Waals surface area contributed by atoms with Crippen LogP contribution in [0.3, 0.4) is 0 Å². The van der Waals surface area contributed by atoms with Crippen molar-refractivity contribution in [1.82, 2.24) is 10.2 Å². The topological polar surface area (TPSA) is 87.7 Å². The molecule has 2 N–H and O–H groups in total. The summed E-state index contributed by atoms with van der Waals surface area (Å²) in [5.74, 6) is 0.0319. The number of amides is 3. The largest absolute Gasteiger partial charge is 0.444 e. The molecule has 0 spiro atoms. The molecule has 0 fully saturated rings. The number of anilines is 1. The second-order valence-corrected chi connectivity index (χ2v) is 11.1. The maximum absolute atomic E-state index is 14.2. The first-order valence-electron chi connectivity index (χ1n) is 12.7. The third-order valence-electron chi connectivity index (χ3n) is 5.96. The Kier molecular flexibility index (Phi) is 11.5. The Morgan fingerprint density at radius 2 is 1.65 bits per heavy atom. The number of hydrogen-bond donors (Lipinski definition) is 2. The lowest BCUT2D eigenvalue weighted by Crippen LogP contribution is -2.55. The molecule has 0 saturated carbocycles. The van der Waals surface area contributed by atoms with Gasteiger partial charge in [-0.25, -0.2) is 4.79 Å². The monoisotopic (exact) mass is 527 g/mol. The smallest absolute Gasteiger partial charge is 0.408 e. The summed E-state index contributed by atoms with van der Waals surface area (Å²) in [6.45, 7) is 11.2. The van der Waals surface area contributed by atoms with Crippen LogP contribution < -0.4 is 10.6 Å². The van der Waals surface area contributed by atoms with E-state index in [-0.39, 0.29) is 17.9 Å². The highest BCUT2D eigenvalue weighted by atomic mass is 32.2. The molecule has 0 aliphatic heterocycles. The zero-order chi connectivity index (χ0) is 27.6. The van der Waals surface area contributed by atoms with Crippen LogP contribution >= 0.6 is 11.8 Å². The summed E-state index contributed by atoms with van der Waals surface area (Å²) in [5.41, 5.74) is 1.61. The number of benzene rings is 2. The number of carbonyl (C=O) groups is 3. The first-order chi connectivity index (χ1) is 17.5. The van der Waals surface area contributed by atoms with E-state index in [1.54, 1.807) is 37.4 Å². The lowest BCUT2D eigenvalue weighted by Gasteiger charge is -2.38. The van der Waals surface area contributed by atoms with Gasteiger partial charge in [0.05, 0.1) is 0 Å². The van der Waals surface area contributed by atoms with E-state index >= 15 is 0 Å². The van der Waals surface area contributed by atoms with Gasteiger partial charge in [-0.15, -0.1) is 0 Å². The number of nitrogens with zero attached hydrogens (tertiary/aromatic N) is 1. The number of rotatable bonds is 11. The fourth-order valence-electron chi connectivity index (χ4n) is 3.91. The van der Waals surface area contributed by atoms with E-state index < -0.39 is 23.8 Å². The number of para-hydroxylation sites is 1. The molecule has 8 heteroatoms. The van der Waals surface area contributed by atoms with Crippen molar-refractivity contribution in [2.24, 2.45) is 0 Å². The number of aryl methyl sites for hydroxylation is 1. The molecule has 0 aromatic heterocycles. The molecule has 3 amide bonds. The van der Waals surface area contributed by atoms with Crippen molar-refractivity contribution in [3.05, 3.63) is 65.7 Å². The van der Waals surface area contributed by atoms with Crippen LogP contribution in [-0.4, -0.2) is 52.5 Å². The minimum Gasteiger partial charge on any atom is -0.444 e. The van der Waals surface area contributed by atoms with Crippen LogP contribution in [0.15, 0.2) is 54.6 Å². The second-order valence-electron chi connectivity index (χ2n) is 10.1. The van der Waals surface area contributed by atoms with E-state index in [1.807, 2.05) is 81.6 Å². The number of carbonyl (C=O) groups excluding carboxylic acids is 3. The van der Waals surface area contributed by atoms with E-state index in [0.29, 0.717) is 29.8 Å². The van der Waals surface area contributed by atoms with Gasteiger partial charge in [0, 0.05) is 11.7 Å². The standard InChI is InChI=1S/C29H41N3O4S/c1-8-21(3)32(27(34)24(18-19-37-7)31-28(35)36-29(4,5)6)25(22-15-10-9-11-16-22)26(33)30-23-17-13-12-14-20(23)2/h9-17,21,24-25H,8,18-19H2,1-7H3,(H,30,33)(H,31,35). The molecule has 3 unspecified atom stereocenters. The van der Waals surface area contributed by atoms with Crippen LogP contribution in [0.5, 0.6) is 0 Å². The van der Waals surface area contributed by atoms with Gasteiger partial charge in [-0.05, 0) is 76.7 Å². The Bertz CT molecular complexity index is 1040. The summed E-state index contributed by atoms with van der Waals surface area (Å²) < 4.78 is 5.44. The summed E-state index contributed by atoms with van der Waals surface area (Å²) in [7, 11) is 0. The molecule has 2 aromatic carbocycles. The van der Waals surface area contributed by atoms with Crippen LogP contribution in [0, 0.1) is 6.92 Å². The minimum absolute atomic E-state index is 0.266. The summed E-state index contributed by atoms with van der Waals surface area (Å²) in [6.07, 6.45) is 2.34. The Hall–Kier alpha value is -3.00. The van der Waals surface area contributed by atoms with Crippen molar-refractivity contribution in [3.8, 4) is 0 Å². The molecule has 202 valence electrons. The molecule has 2 rings (SSSR count). The van der Waals surface area contributed by atoms with Crippen LogP contribution in [0.4, 0.5) is 10.5 Å². The van der Waals surface area contributed by atoms with Crippen molar-refractivity contribution >= 4 is 35.4 Å². The molecular weight excluding hydrogens is 486 g/mol. The maximum Gasteiger partial charge on any atom is 0.408 e. The third kappa shape index (κ3) is 9.11. The highest BCUT2D eigenvalue weighted by molar-refractivity contribution is 7.98. The number of hydrogen-bond acceptors (Lipinski definition) is 5. The molecule has 0 heterocycles. The quantitative estimate of drug-likeness (QED) is 0.377. The van der Waals surface area contributed by atoms with E-state index in [9.17, 15) is 14.4 Å². The summed E-state index contributed by atoms with van der Waals surface area (Å²) in [6, 6.07) is 14.8. The fraction of sp³-hybridized carbons (Fsp3) is 0.483. The molecule has 0 bridgehead atoms. The number of ether oxygens (including phenoxy) is 1.